The van der Waals surface area contributed by atoms with E-state index in [1.165, 1.54) is 44.2 Å². The van der Waals surface area contributed by atoms with E-state index in [9.17, 15) is 5.11 Å². The lowest BCUT2D eigenvalue weighted by Crippen LogP contribution is -2.31. The Hall–Kier alpha value is -1.39. The number of rotatable bonds is 6. The van der Waals surface area contributed by atoms with Gasteiger partial charge in [0.1, 0.15) is 0 Å². The third kappa shape index (κ3) is 5.60. The molecule has 1 aromatic rings. The van der Waals surface area contributed by atoms with E-state index < -0.39 is 0 Å². The van der Waals surface area contributed by atoms with E-state index in [-0.39, 0.29) is 12.6 Å². The molecule has 1 aromatic carbocycles. The Morgan fingerprint density at radius 3 is 2.25 bits per heavy atom. The number of aryl methyl sites for hydroxylation is 1. The fraction of sp³-hybridized carbons (Fsp3) is 0.650. The van der Waals surface area contributed by atoms with Gasteiger partial charge in [-0.3, -0.25) is 4.79 Å². The second kappa shape index (κ2) is 9.80. The van der Waals surface area contributed by atoms with Crippen molar-refractivity contribution in [3.8, 4) is 0 Å². The van der Waals surface area contributed by atoms with Gasteiger partial charge in [0.2, 0.25) is 0 Å². The molecule has 2 aliphatic carbocycles. The molecule has 2 N–H and O–H groups in total. The topological polar surface area (TPSA) is 60.8 Å². The second-order valence-electron chi connectivity index (χ2n) is 7.30. The number of fused-ring (bicyclic) bond motifs is 1. The van der Waals surface area contributed by atoms with Crippen LogP contribution in [-0.4, -0.2) is 47.3 Å². The average Bonchev–Trinajstić information content (AvgIpc) is 3.10. The van der Waals surface area contributed by atoms with Crippen molar-refractivity contribution >= 4 is 6.47 Å². The van der Waals surface area contributed by atoms with E-state index in [2.05, 4.69) is 42.3 Å². The van der Waals surface area contributed by atoms with Gasteiger partial charge < -0.3 is 15.1 Å². The zero-order chi connectivity index (χ0) is 17.4. The first-order chi connectivity index (χ1) is 11.6. The van der Waals surface area contributed by atoms with Gasteiger partial charge in [0.25, 0.3) is 6.47 Å². The molecule has 134 valence electrons. The summed E-state index contributed by atoms with van der Waals surface area (Å²) in [5.41, 5.74) is 1.46. The molecule has 2 saturated carbocycles. The summed E-state index contributed by atoms with van der Waals surface area (Å²) in [4.78, 5) is 10.9. The highest BCUT2D eigenvalue weighted by Gasteiger charge is 2.41. The van der Waals surface area contributed by atoms with Crippen molar-refractivity contribution in [2.24, 2.45) is 11.8 Å². The van der Waals surface area contributed by atoms with Crippen molar-refractivity contribution in [1.29, 1.82) is 0 Å². The van der Waals surface area contributed by atoms with Gasteiger partial charge in [-0.1, -0.05) is 30.3 Å². The Balaban J connectivity index is 0.000000647. The molecule has 0 spiro atoms. The molecule has 24 heavy (non-hydrogen) atoms. The lowest BCUT2D eigenvalue weighted by molar-refractivity contribution is -0.122. The lowest BCUT2D eigenvalue weighted by atomic mass is 10.0. The van der Waals surface area contributed by atoms with E-state index >= 15 is 0 Å². The van der Waals surface area contributed by atoms with E-state index in [0.717, 1.165) is 30.7 Å². The van der Waals surface area contributed by atoms with E-state index in [4.69, 9.17) is 9.90 Å². The molecule has 0 aromatic heterocycles. The largest absolute Gasteiger partial charge is 0.483 e. The summed E-state index contributed by atoms with van der Waals surface area (Å²) < 4.78 is 0. The van der Waals surface area contributed by atoms with Crippen LogP contribution in [0.1, 0.15) is 44.1 Å². The Morgan fingerprint density at radius 1 is 1.08 bits per heavy atom. The van der Waals surface area contributed by atoms with Gasteiger partial charge in [0.15, 0.2) is 0 Å². The minimum atomic E-state index is -0.250. The van der Waals surface area contributed by atoms with Gasteiger partial charge in [0, 0.05) is 6.04 Å². The molecule has 2 unspecified atom stereocenters. The predicted molar refractivity (Wildman–Crippen MR) is 95.9 cm³/mol. The Kier molecular flexibility index (Phi) is 7.73. The minimum absolute atomic E-state index is 0.00266. The first kappa shape index (κ1) is 18.9. The number of benzene rings is 1. The first-order valence-electron chi connectivity index (χ1n) is 9.14. The number of aliphatic hydroxyl groups is 1. The standard InChI is InChI=1S/C19H29NO.CH2O2/c1-20(10-6-5-9-15-7-3-2-4-8-15)18-11-16-13-19(21)14-17(16)12-18;2-1-3/h2-4,7-8,16-19,21H,5-6,9-14H2,1H3;1H,(H,2,3)/t16-,17+,18?,19?;. The van der Waals surface area contributed by atoms with Crippen molar-refractivity contribution in [2.75, 3.05) is 13.6 Å². The first-order valence-corrected chi connectivity index (χ1v) is 9.14. The molecule has 2 aliphatic rings. The number of hydrogen-bond donors (Lipinski definition) is 2. The Bertz CT molecular complexity index is 465. The Labute approximate surface area is 145 Å². The maximum atomic E-state index is 9.73. The molecular weight excluding hydrogens is 302 g/mol. The van der Waals surface area contributed by atoms with E-state index in [0.29, 0.717) is 0 Å². The highest BCUT2D eigenvalue weighted by atomic mass is 16.3. The van der Waals surface area contributed by atoms with Crippen molar-refractivity contribution in [3.63, 3.8) is 0 Å². The number of unbranched alkanes of at least 4 members (excludes halogenated alkanes) is 1. The van der Waals surface area contributed by atoms with Gasteiger partial charge >= 0.3 is 0 Å². The maximum Gasteiger partial charge on any atom is 0.290 e. The van der Waals surface area contributed by atoms with Crippen LogP contribution in [0.5, 0.6) is 0 Å². The van der Waals surface area contributed by atoms with Crippen LogP contribution in [0.4, 0.5) is 0 Å². The van der Waals surface area contributed by atoms with Crippen molar-refractivity contribution in [2.45, 2.75) is 57.1 Å². The monoisotopic (exact) mass is 333 g/mol. The van der Waals surface area contributed by atoms with Crippen LogP contribution in [0.2, 0.25) is 0 Å². The summed E-state index contributed by atoms with van der Waals surface area (Å²) in [6, 6.07) is 11.6. The molecule has 4 heteroatoms. The second-order valence-corrected chi connectivity index (χ2v) is 7.30. The molecule has 4 atom stereocenters. The minimum Gasteiger partial charge on any atom is -0.483 e. The number of carboxylic acid groups (broad SMARTS) is 1. The van der Waals surface area contributed by atoms with Crippen molar-refractivity contribution < 1.29 is 15.0 Å². The van der Waals surface area contributed by atoms with Crippen molar-refractivity contribution in [1.82, 2.24) is 4.90 Å². The van der Waals surface area contributed by atoms with Crippen LogP contribution in [0.25, 0.3) is 0 Å². The number of hydrogen-bond acceptors (Lipinski definition) is 3. The van der Waals surface area contributed by atoms with Crippen LogP contribution >= 0.6 is 0 Å². The van der Waals surface area contributed by atoms with Gasteiger partial charge in [-0.05, 0) is 75.9 Å². The third-order valence-corrected chi connectivity index (χ3v) is 5.66. The predicted octanol–water partition coefficient (Wildman–Crippen LogP) is 3.19. The lowest BCUT2D eigenvalue weighted by Gasteiger charge is -2.25. The molecule has 0 heterocycles. The zero-order valence-corrected chi connectivity index (χ0v) is 14.7. The summed E-state index contributed by atoms with van der Waals surface area (Å²) >= 11 is 0. The number of nitrogens with zero attached hydrogens (tertiary/aromatic N) is 1. The van der Waals surface area contributed by atoms with Crippen molar-refractivity contribution in [3.05, 3.63) is 35.9 Å². The summed E-state index contributed by atoms with van der Waals surface area (Å²) in [5.74, 6) is 1.61. The number of aliphatic hydroxyl groups excluding tert-OH is 1. The van der Waals surface area contributed by atoms with Crippen LogP contribution in [-0.2, 0) is 11.2 Å². The molecule has 0 radical (unpaired) electrons. The highest BCUT2D eigenvalue weighted by molar-refractivity contribution is 5.32. The fourth-order valence-corrected chi connectivity index (χ4v) is 4.43. The quantitative estimate of drug-likeness (QED) is 0.620. The summed E-state index contributed by atoms with van der Waals surface area (Å²) in [6.07, 6.45) is 8.53. The van der Waals surface area contributed by atoms with Gasteiger partial charge in [-0.15, -0.1) is 0 Å². The molecule has 2 fully saturated rings. The zero-order valence-electron chi connectivity index (χ0n) is 14.7. The molecular formula is C20H31NO3. The van der Waals surface area contributed by atoms with Crippen LogP contribution < -0.4 is 0 Å². The normalized spacial score (nSPS) is 28.3. The Morgan fingerprint density at radius 2 is 1.67 bits per heavy atom. The average molecular weight is 333 g/mol. The molecule has 0 saturated heterocycles. The summed E-state index contributed by atoms with van der Waals surface area (Å²) in [6.45, 7) is 0.972. The van der Waals surface area contributed by atoms with E-state index in [1.54, 1.807) is 0 Å². The fourth-order valence-electron chi connectivity index (χ4n) is 4.43. The van der Waals surface area contributed by atoms with Gasteiger partial charge in [-0.2, -0.15) is 0 Å². The van der Waals surface area contributed by atoms with Crippen LogP contribution in [0, 0.1) is 11.8 Å². The molecule has 0 aliphatic heterocycles. The molecule has 0 bridgehead atoms. The molecule has 3 rings (SSSR count). The molecule has 0 amide bonds. The van der Waals surface area contributed by atoms with Gasteiger partial charge in [0.05, 0.1) is 6.10 Å². The van der Waals surface area contributed by atoms with Crippen LogP contribution in [0.3, 0.4) is 0 Å². The third-order valence-electron chi connectivity index (χ3n) is 5.66. The van der Waals surface area contributed by atoms with Crippen LogP contribution in [0.15, 0.2) is 30.3 Å². The molecule has 4 nitrogen and oxygen atoms in total. The maximum absolute atomic E-state index is 9.73. The highest BCUT2D eigenvalue weighted by Crippen LogP contribution is 2.45. The summed E-state index contributed by atoms with van der Waals surface area (Å²) in [5, 5.41) is 16.6. The SMILES string of the molecule is CN(CCCCc1ccccc1)C1C[C@H]2CC(O)C[C@H]2C1.O=CO. The smallest absolute Gasteiger partial charge is 0.290 e. The van der Waals surface area contributed by atoms with E-state index in [1.807, 2.05) is 0 Å². The summed E-state index contributed by atoms with van der Waals surface area (Å²) in [7, 11) is 2.30. The van der Waals surface area contributed by atoms with Gasteiger partial charge in [-0.25, -0.2) is 0 Å². The number of carbonyl (C=O) groups is 1.